The van der Waals surface area contributed by atoms with Crippen LogP contribution in [-0.2, 0) is 17.8 Å². The summed E-state index contributed by atoms with van der Waals surface area (Å²) in [6.07, 6.45) is 9.33. The molecule has 1 amide bonds. The first kappa shape index (κ1) is 14.3. The van der Waals surface area contributed by atoms with E-state index in [-0.39, 0.29) is 5.91 Å². The van der Waals surface area contributed by atoms with Crippen LogP contribution in [0.4, 0.5) is 0 Å². The molecular formula is C16H21N3O. The molecule has 0 saturated carbocycles. The van der Waals surface area contributed by atoms with Gasteiger partial charge in [-0.1, -0.05) is 30.3 Å². The highest BCUT2D eigenvalue weighted by Gasteiger charge is 2.01. The quantitative estimate of drug-likeness (QED) is 0.749. The summed E-state index contributed by atoms with van der Waals surface area (Å²) in [6, 6.07) is 9.83. The highest BCUT2D eigenvalue weighted by atomic mass is 16.1. The zero-order valence-corrected chi connectivity index (χ0v) is 11.7. The summed E-state index contributed by atoms with van der Waals surface area (Å²) in [4.78, 5) is 15.7. The van der Waals surface area contributed by atoms with Crippen molar-refractivity contribution < 1.29 is 4.79 Å². The maximum atomic E-state index is 11.7. The molecule has 0 aliphatic rings. The van der Waals surface area contributed by atoms with Crippen LogP contribution in [0.25, 0.3) is 0 Å². The van der Waals surface area contributed by atoms with E-state index in [1.807, 2.05) is 42.9 Å². The van der Waals surface area contributed by atoms with Crippen molar-refractivity contribution in [1.29, 1.82) is 0 Å². The average Bonchev–Trinajstić information content (AvgIpc) is 2.97. The second kappa shape index (κ2) is 8.15. The Labute approximate surface area is 119 Å². The second-order valence-corrected chi connectivity index (χ2v) is 4.87. The Morgan fingerprint density at radius 2 is 2.00 bits per heavy atom. The van der Waals surface area contributed by atoms with Crippen molar-refractivity contribution in [2.45, 2.75) is 32.2 Å². The second-order valence-electron chi connectivity index (χ2n) is 4.87. The molecule has 0 unspecified atom stereocenters. The molecule has 0 spiro atoms. The van der Waals surface area contributed by atoms with Gasteiger partial charge in [-0.2, -0.15) is 0 Å². The molecule has 1 aromatic carbocycles. The molecule has 2 rings (SSSR count). The van der Waals surface area contributed by atoms with Crippen molar-refractivity contribution in [1.82, 2.24) is 14.9 Å². The number of aromatic nitrogens is 2. The third-order valence-electron chi connectivity index (χ3n) is 3.18. The summed E-state index contributed by atoms with van der Waals surface area (Å²) < 4.78 is 2.08. The molecule has 106 valence electrons. The minimum Gasteiger partial charge on any atom is -0.356 e. The van der Waals surface area contributed by atoms with Crippen LogP contribution in [-0.4, -0.2) is 22.0 Å². The van der Waals surface area contributed by atoms with Crippen LogP contribution >= 0.6 is 0 Å². The van der Waals surface area contributed by atoms with Crippen LogP contribution < -0.4 is 5.32 Å². The Balaban J connectivity index is 1.51. The molecule has 0 bridgehead atoms. The number of carbonyl (C=O) groups excluding carboxylic acids is 1. The zero-order chi connectivity index (χ0) is 14.0. The summed E-state index contributed by atoms with van der Waals surface area (Å²) in [7, 11) is 0. The number of nitrogens with zero attached hydrogens (tertiary/aromatic N) is 2. The van der Waals surface area contributed by atoms with Crippen molar-refractivity contribution in [2.24, 2.45) is 0 Å². The lowest BCUT2D eigenvalue weighted by Crippen LogP contribution is -2.26. The fourth-order valence-electron chi connectivity index (χ4n) is 2.09. The number of benzene rings is 1. The van der Waals surface area contributed by atoms with Crippen molar-refractivity contribution >= 4 is 5.91 Å². The van der Waals surface area contributed by atoms with E-state index in [1.54, 1.807) is 6.20 Å². The number of rotatable bonds is 8. The Bertz CT molecular complexity index is 494. The third kappa shape index (κ3) is 5.26. The van der Waals surface area contributed by atoms with E-state index < -0.39 is 0 Å². The molecule has 0 fully saturated rings. The van der Waals surface area contributed by atoms with Crippen LogP contribution in [0.3, 0.4) is 0 Å². The van der Waals surface area contributed by atoms with E-state index >= 15 is 0 Å². The SMILES string of the molecule is O=C(Cc1ccccc1)NCCCCCn1ccnc1. The number of aryl methyl sites for hydroxylation is 1. The summed E-state index contributed by atoms with van der Waals surface area (Å²) in [5, 5.41) is 2.97. The van der Waals surface area contributed by atoms with E-state index in [4.69, 9.17) is 0 Å². The number of imidazole rings is 1. The van der Waals surface area contributed by atoms with Gasteiger partial charge in [0.25, 0.3) is 0 Å². The molecule has 0 aliphatic carbocycles. The van der Waals surface area contributed by atoms with Gasteiger partial charge in [-0.3, -0.25) is 4.79 Å². The first-order valence-corrected chi connectivity index (χ1v) is 7.11. The van der Waals surface area contributed by atoms with E-state index in [9.17, 15) is 4.79 Å². The lowest BCUT2D eigenvalue weighted by Gasteiger charge is -2.06. The van der Waals surface area contributed by atoms with Crippen LogP contribution in [0.5, 0.6) is 0 Å². The van der Waals surface area contributed by atoms with Gasteiger partial charge in [0.05, 0.1) is 12.7 Å². The number of carbonyl (C=O) groups is 1. The average molecular weight is 271 g/mol. The lowest BCUT2D eigenvalue weighted by atomic mass is 10.1. The maximum Gasteiger partial charge on any atom is 0.224 e. The van der Waals surface area contributed by atoms with Gasteiger partial charge < -0.3 is 9.88 Å². The molecule has 2 aromatic rings. The number of hydrogen-bond donors (Lipinski definition) is 1. The largest absolute Gasteiger partial charge is 0.356 e. The Kier molecular flexibility index (Phi) is 5.83. The molecule has 0 atom stereocenters. The van der Waals surface area contributed by atoms with Crippen molar-refractivity contribution in [2.75, 3.05) is 6.54 Å². The molecule has 1 aromatic heterocycles. The van der Waals surface area contributed by atoms with Gasteiger partial charge in [0.1, 0.15) is 0 Å². The fraction of sp³-hybridized carbons (Fsp3) is 0.375. The molecule has 20 heavy (non-hydrogen) atoms. The molecular weight excluding hydrogens is 250 g/mol. The van der Waals surface area contributed by atoms with Gasteiger partial charge in [-0.25, -0.2) is 4.98 Å². The fourth-order valence-corrected chi connectivity index (χ4v) is 2.09. The number of unbranched alkanes of at least 4 members (excludes halogenated alkanes) is 2. The normalized spacial score (nSPS) is 10.4. The molecule has 1 N–H and O–H groups in total. The van der Waals surface area contributed by atoms with Crippen molar-refractivity contribution in [3.63, 3.8) is 0 Å². The van der Waals surface area contributed by atoms with Gasteiger partial charge in [0.15, 0.2) is 0 Å². The minimum atomic E-state index is 0.103. The van der Waals surface area contributed by atoms with Gasteiger partial charge in [0, 0.05) is 25.5 Å². The van der Waals surface area contributed by atoms with Gasteiger partial charge >= 0.3 is 0 Å². The molecule has 0 aliphatic heterocycles. The first-order chi connectivity index (χ1) is 9.84. The van der Waals surface area contributed by atoms with Crippen LogP contribution in [0.15, 0.2) is 49.1 Å². The molecule has 1 heterocycles. The topological polar surface area (TPSA) is 46.9 Å². The maximum absolute atomic E-state index is 11.7. The molecule has 0 saturated heterocycles. The van der Waals surface area contributed by atoms with E-state index in [2.05, 4.69) is 14.9 Å². The summed E-state index contributed by atoms with van der Waals surface area (Å²) in [5.74, 6) is 0.103. The Morgan fingerprint density at radius 1 is 1.15 bits per heavy atom. The molecule has 4 nitrogen and oxygen atoms in total. The van der Waals surface area contributed by atoms with Gasteiger partial charge in [-0.05, 0) is 24.8 Å². The van der Waals surface area contributed by atoms with Gasteiger partial charge in [0.2, 0.25) is 5.91 Å². The zero-order valence-electron chi connectivity index (χ0n) is 11.7. The van der Waals surface area contributed by atoms with E-state index in [0.29, 0.717) is 6.42 Å². The molecule has 0 radical (unpaired) electrons. The molecule has 4 heteroatoms. The smallest absolute Gasteiger partial charge is 0.224 e. The van der Waals surface area contributed by atoms with Gasteiger partial charge in [-0.15, -0.1) is 0 Å². The standard InChI is InChI=1S/C16H21N3O/c20-16(13-15-7-3-1-4-8-15)18-9-5-2-6-11-19-12-10-17-14-19/h1,3-4,7-8,10,12,14H,2,5-6,9,11,13H2,(H,18,20). The predicted octanol–water partition coefficient (Wildman–Crippen LogP) is 2.41. The summed E-state index contributed by atoms with van der Waals surface area (Å²) in [5.41, 5.74) is 1.06. The Morgan fingerprint density at radius 3 is 2.75 bits per heavy atom. The number of hydrogen-bond acceptors (Lipinski definition) is 2. The monoisotopic (exact) mass is 271 g/mol. The Hall–Kier alpha value is -2.10. The van der Waals surface area contributed by atoms with E-state index in [1.165, 1.54) is 0 Å². The van der Waals surface area contributed by atoms with Crippen molar-refractivity contribution in [3.8, 4) is 0 Å². The van der Waals surface area contributed by atoms with Crippen LogP contribution in [0, 0.1) is 0 Å². The summed E-state index contributed by atoms with van der Waals surface area (Å²) >= 11 is 0. The van der Waals surface area contributed by atoms with Crippen molar-refractivity contribution in [3.05, 3.63) is 54.6 Å². The van der Waals surface area contributed by atoms with Crippen LogP contribution in [0.1, 0.15) is 24.8 Å². The lowest BCUT2D eigenvalue weighted by molar-refractivity contribution is -0.120. The number of amides is 1. The third-order valence-corrected chi connectivity index (χ3v) is 3.18. The first-order valence-electron chi connectivity index (χ1n) is 7.11. The number of nitrogens with one attached hydrogen (secondary N) is 1. The van der Waals surface area contributed by atoms with E-state index in [0.717, 1.165) is 37.9 Å². The minimum absolute atomic E-state index is 0.103. The predicted molar refractivity (Wildman–Crippen MR) is 79.2 cm³/mol. The van der Waals surface area contributed by atoms with Crippen LogP contribution in [0.2, 0.25) is 0 Å². The highest BCUT2D eigenvalue weighted by molar-refractivity contribution is 5.78. The summed E-state index contributed by atoms with van der Waals surface area (Å²) in [6.45, 7) is 1.76. The highest BCUT2D eigenvalue weighted by Crippen LogP contribution is 2.00.